The number of para-hydroxylation sites is 2. The Hall–Kier alpha value is -2.90. The number of benzene rings is 2. The molecule has 1 aliphatic heterocycles. The summed E-state index contributed by atoms with van der Waals surface area (Å²) in [6, 6.07) is 12.3. The zero-order valence-electron chi connectivity index (χ0n) is 13.5. The monoisotopic (exact) mass is 385 g/mol. The van der Waals surface area contributed by atoms with Gasteiger partial charge in [0.15, 0.2) is 5.13 Å². The first kappa shape index (κ1) is 16.6. The molecular formula is C18H12ClN3O3S. The Kier molecular flexibility index (Phi) is 4.10. The third kappa shape index (κ3) is 2.81. The number of thiazole rings is 1. The molecule has 8 heteroatoms. The first-order valence-electron chi connectivity index (χ1n) is 7.60. The molecule has 130 valence electrons. The average molecular weight is 386 g/mol. The van der Waals surface area contributed by atoms with Crippen LogP contribution in [0.25, 0.3) is 5.57 Å². The lowest BCUT2D eigenvalue weighted by molar-refractivity contribution is -0.112. The van der Waals surface area contributed by atoms with Crippen molar-refractivity contribution in [1.82, 2.24) is 4.98 Å². The molecule has 2 aromatic carbocycles. The van der Waals surface area contributed by atoms with E-state index >= 15 is 0 Å². The molecule has 1 aliphatic rings. The van der Waals surface area contributed by atoms with Gasteiger partial charge in [0, 0.05) is 10.2 Å². The molecule has 0 saturated heterocycles. The van der Waals surface area contributed by atoms with E-state index in [0.29, 0.717) is 42.6 Å². The highest BCUT2D eigenvalue weighted by atomic mass is 35.5. The van der Waals surface area contributed by atoms with Gasteiger partial charge in [-0.15, -0.1) is 0 Å². The third-order valence-corrected chi connectivity index (χ3v) is 5.06. The quantitative estimate of drug-likeness (QED) is 0.721. The highest BCUT2D eigenvalue weighted by Crippen LogP contribution is 2.37. The number of anilines is 2. The fourth-order valence-electron chi connectivity index (χ4n) is 2.70. The van der Waals surface area contributed by atoms with Gasteiger partial charge in [-0.2, -0.15) is 4.98 Å². The van der Waals surface area contributed by atoms with Crippen molar-refractivity contribution in [2.24, 2.45) is 4.99 Å². The van der Waals surface area contributed by atoms with E-state index in [4.69, 9.17) is 16.3 Å². The lowest BCUT2D eigenvalue weighted by Crippen LogP contribution is -2.22. The molecule has 0 spiro atoms. The first-order valence-corrected chi connectivity index (χ1v) is 8.79. The Bertz CT molecular complexity index is 1160. The summed E-state index contributed by atoms with van der Waals surface area (Å²) in [6.07, 6.45) is 0. The molecule has 0 unspecified atom stereocenters. The van der Waals surface area contributed by atoms with E-state index in [-0.39, 0.29) is 5.88 Å². The molecule has 0 atom stereocenters. The molecule has 2 N–H and O–H groups in total. The maximum atomic E-state index is 12.3. The van der Waals surface area contributed by atoms with Crippen molar-refractivity contribution in [1.29, 1.82) is 0 Å². The number of methoxy groups -OCH3 is 1. The van der Waals surface area contributed by atoms with Crippen LogP contribution in [0.5, 0.6) is 11.6 Å². The van der Waals surface area contributed by atoms with Crippen LogP contribution in [-0.4, -0.2) is 23.1 Å². The van der Waals surface area contributed by atoms with Gasteiger partial charge in [-0.25, -0.2) is 4.99 Å². The molecule has 0 fully saturated rings. The Morgan fingerprint density at radius 3 is 2.85 bits per heavy atom. The summed E-state index contributed by atoms with van der Waals surface area (Å²) < 4.78 is 5.29. The van der Waals surface area contributed by atoms with E-state index in [1.807, 2.05) is 24.3 Å². The third-order valence-electron chi connectivity index (χ3n) is 3.85. The van der Waals surface area contributed by atoms with Crippen LogP contribution in [0.1, 0.15) is 4.88 Å². The van der Waals surface area contributed by atoms with E-state index in [1.54, 1.807) is 25.3 Å². The minimum absolute atomic E-state index is 0.237. The number of amides is 1. The molecule has 4 rings (SSSR count). The maximum Gasteiger partial charge on any atom is 0.279 e. The maximum absolute atomic E-state index is 12.3. The van der Waals surface area contributed by atoms with Gasteiger partial charge in [-0.05, 0) is 30.3 Å². The average Bonchev–Trinajstić information content (AvgIpc) is 3.13. The largest absolute Gasteiger partial charge is 0.495 e. The van der Waals surface area contributed by atoms with Gasteiger partial charge < -0.3 is 15.2 Å². The molecule has 3 aromatic rings. The van der Waals surface area contributed by atoms with Crippen LogP contribution in [-0.2, 0) is 4.79 Å². The number of aromatic nitrogens is 1. The fraction of sp³-hybridized carbons (Fsp3) is 0.0556. The van der Waals surface area contributed by atoms with Gasteiger partial charge in [-0.1, -0.05) is 35.1 Å². The Morgan fingerprint density at radius 2 is 2.04 bits per heavy atom. The van der Waals surface area contributed by atoms with Crippen molar-refractivity contribution in [2.45, 2.75) is 0 Å². The smallest absolute Gasteiger partial charge is 0.279 e. The molecule has 1 amide bonds. The van der Waals surface area contributed by atoms with Crippen molar-refractivity contribution < 1.29 is 14.6 Å². The summed E-state index contributed by atoms with van der Waals surface area (Å²) in [5.74, 6) is -0.0238. The van der Waals surface area contributed by atoms with Crippen LogP contribution in [0.15, 0.2) is 47.5 Å². The van der Waals surface area contributed by atoms with E-state index in [2.05, 4.69) is 15.3 Å². The number of hydrogen-bond donors (Lipinski definition) is 2. The number of carbonyl (C=O) groups is 1. The molecule has 0 radical (unpaired) electrons. The normalized spacial score (nSPS) is 12.7. The summed E-state index contributed by atoms with van der Waals surface area (Å²) in [4.78, 5) is 20.8. The Labute approximate surface area is 157 Å². The molecule has 1 aromatic heterocycles. The van der Waals surface area contributed by atoms with Gasteiger partial charge in [0.05, 0.1) is 23.7 Å². The van der Waals surface area contributed by atoms with E-state index in [0.717, 1.165) is 11.3 Å². The number of nitrogens with one attached hydrogen (secondary N) is 1. The predicted molar refractivity (Wildman–Crippen MR) is 99.8 cm³/mol. The second kappa shape index (κ2) is 6.44. The highest BCUT2D eigenvalue weighted by molar-refractivity contribution is 7.17. The van der Waals surface area contributed by atoms with Crippen molar-refractivity contribution in [3.8, 4) is 11.6 Å². The number of ether oxygens (including phenoxy) is 1. The van der Waals surface area contributed by atoms with Gasteiger partial charge in [-0.3, -0.25) is 4.79 Å². The number of hydrogen-bond acceptors (Lipinski definition) is 6. The van der Waals surface area contributed by atoms with Crippen molar-refractivity contribution >= 4 is 45.2 Å². The number of nitrogens with zero attached hydrogens (tertiary/aromatic N) is 2. The summed E-state index contributed by atoms with van der Waals surface area (Å²) in [7, 11) is 1.57. The van der Waals surface area contributed by atoms with Crippen LogP contribution in [0.2, 0.25) is 5.02 Å². The van der Waals surface area contributed by atoms with E-state index in [9.17, 15) is 9.90 Å². The zero-order valence-corrected chi connectivity index (χ0v) is 15.1. The molecule has 0 saturated carbocycles. The molecule has 6 nitrogen and oxygen atoms in total. The SMILES string of the molecule is COc1ccccc1Nc1nc(O)c(C2=c3cc(Cl)ccc3=NC2=O)s1. The van der Waals surface area contributed by atoms with Crippen molar-refractivity contribution in [2.75, 3.05) is 12.4 Å². The molecular weight excluding hydrogens is 374 g/mol. The zero-order chi connectivity index (χ0) is 18.3. The van der Waals surface area contributed by atoms with Crippen LogP contribution in [0.4, 0.5) is 10.8 Å². The van der Waals surface area contributed by atoms with E-state index < -0.39 is 5.91 Å². The first-order chi connectivity index (χ1) is 12.6. The number of carbonyl (C=O) groups excluding carboxylic acids is 1. The lowest BCUT2D eigenvalue weighted by atomic mass is 10.1. The van der Waals surface area contributed by atoms with Crippen molar-refractivity contribution in [3.05, 3.63) is 62.9 Å². The number of halogens is 1. The topological polar surface area (TPSA) is 83.8 Å². The molecule has 0 aliphatic carbocycles. The Morgan fingerprint density at radius 1 is 1.23 bits per heavy atom. The molecule has 2 heterocycles. The molecule has 26 heavy (non-hydrogen) atoms. The predicted octanol–water partition coefficient (Wildman–Crippen LogP) is 2.61. The molecule has 0 bridgehead atoms. The van der Waals surface area contributed by atoms with Gasteiger partial charge >= 0.3 is 0 Å². The van der Waals surface area contributed by atoms with Gasteiger partial charge in [0.25, 0.3) is 5.91 Å². The number of fused-ring (bicyclic) bond motifs is 1. The second-order valence-electron chi connectivity index (χ2n) is 5.45. The van der Waals surface area contributed by atoms with Crippen molar-refractivity contribution in [3.63, 3.8) is 0 Å². The number of rotatable bonds is 4. The highest BCUT2D eigenvalue weighted by Gasteiger charge is 2.25. The summed E-state index contributed by atoms with van der Waals surface area (Å²) >= 11 is 7.20. The van der Waals surface area contributed by atoms with Crippen LogP contribution < -0.4 is 20.6 Å². The lowest BCUT2D eigenvalue weighted by Gasteiger charge is -2.07. The number of aromatic hydroxyl groups is 1. The summed E-state index contributed by atoms with van der Waals surface area (Å²) in [6.45, 7) is 0. The van der Waals surface area contributed by atoms with Crippen LogP contribution in [0.3, 0.4) is 0 Å². The summed E-state index contributed by atoms with van der Waals surface area (Å²) in [5.41, 5.74) is 0.997. The van der Waals surface area contributed by atoms with Gasteiger partial charge in [0.1, 0.15) is 10.6 Å². The van der Waals surface area contributed by atoms with E-state index in [1.165, 1.54) is 0 Å². The minimum Gasteiger partial charge on any atom is -0.495 e. The minimum atomic E-state index is -0.426. The van der Waals surface area contributed by atoms with Crippen LogP contribution >= 0.6 is 22.9 Å². The Balaban J connectivity index is 1.80. The van der Waals surface area contributed by atoms with Crippen LogP contribution in [0, 0.1) is 0 Å². The summed E-state index contributed by atoms with van der Waals surface area (Å²) in [5, 5.41) is 15.4. The van der Waals surface area contributed by atoms with Gasteiger partial charge in [0.2, 0.25) is 5.88 Å². The fourth-order valence-corrected chi connectivity index (χ4v) is 3.79. The second-order valence-corrected chi connectivity index (χ2v) is 6.89. The standard InChI is InChI=1S/C18H12ClN3O3S/c1-25-13-5-3-2-4-12(13)21-18-22-17(24)15(26-18)14-10-8-9(19)6-7-11(10)20-16(14)23/h2-8,24H,1H3,(H,21,22).